The summed E-state index contributed by atoms with van der Waals surface area (Å²) in [6.45, 7) is 0. The largest absolute Gasteiger partial charge is 0.309 e. The third-order valence-corrected chi connectivity index (χ3v) is 11.9. The van der Waals surface area contributed by atoms with Crippen molar-refractivity contribution in [2.45, 2.75) is 0 Å². The molecule has 0 saturated heterocycles. The molecule has 0 unspecified atom stereocenters. The van der Waals surface area contributed by atoms with E-state index in [1.165, 1.54) is 82.0 Å². The van der Waals surface area contributed by atoms with Gasteiger partial charge in [0.25, 0.3) is 0 Å². The number of hydrogen-bond acceptors (Lipinski definition) is 1. The van der Waals surface area contributed by atoms with Gasteiger partial charge in [-0.1, -0.05) is 218 Å². The van der Waals surface area contributed by atoms with Crippen LogP contribution in [-0.4, -0.2) is 0 Å². The van der Waals surface area contributed by atoms with Crippen LogP contribution in [0.2, 0.25) is 0 Å². The third kappa shape index (κ3) is 5.95. The highest BCUT2D eigenvalue weighted by molar-refractivity contribution is 6.14. The number of para-hydroxylation sites is 3. The minimum atomic E-state index is 1.11. The van der Waals surface area contributed by atoms with Gasteiger partial charge in [-0.15, -0.1) is 0 Å². The van der Waals surface area contributed by atoms with Gasteiger partial charge in [0.2, 0.25) is 0 Å². The highest BCUT2D eigenvalue weighted by Gasteiger charge is 2.25. The molecule has 0 radical (unpaired) electrons. The lowest BCUT2D eigenvalue weighted by atomic mass is 9.89. The fourth-order valence-corrected chi connectivity index (χ4v) is 9.24. The Morgan fingerprint density at radius 2 is 0.610 bits per heavy atom. The average molecular weight is 750 g/mol. The van der Waals surface area contributed by atoms with Gasteiger partial charge in [0.1, 0.15) is 0 Å². The van der Waals surface area contributed by atoms with E-state index in [1.807, 2.05) is 0 Å². The second-order valence-corrected chi connectivity index (χ2v) is 15.2. The summed E-state index contributed by atoms with van der Waals surface area (Å²) in [5.74, 6) is 0. The van der Waals surface area contributed by atoms with Crippen molar-refractivity contribution < 1.29 is 0 Å². The van der Waals surface area contributed by atoms with E-state index in [0.717, 1.165) is 22.6 Å². The molecule has 0 aliphatic carbocycles. The van der Waals surface area contributed by atoms with Gasteiger partial charge < -0.3 is 4.90 Å². The van der Waals surface area contributed by atoms with Crippen LogP contribution in [0.1, 0.15) is 0 Å². The molecular weight excluding hydrogens is 711 g/mol. The molecule has 0 fully saturated rings. The summed E-state index contributed by atoms with van der Waals surface area (Å²) < 4.78 is 0. The summed E-state index contributed by atoms with van der Waals surface area (Å²) in [6.07, 6.45) is 0. The standard InChI is InChI=1S/C58H39N/c1-2-18-41(19-3-1)46-30-15-23-43-24-16-34-54(58(43)46)53-29-10-13-37-57(53)59(55-35-11-8-27-51(55)48-31-14-22-40-20-4-6-25-44(40)48)56-36-12-9-28-52(56)49-33-17-32-47-45-26-7-5-21-42(45)38-39-50(47)49/h1-39H. The van der Waals surface area contributed by atoms with Crippen LogP contribution in [0.4, 0.5) is 17.1 Å². The molecule has 11 rings (SSSR count). The smallest absolute Gasteiger partial charge is 0.0540 e. The maximum atomic E-state index is 2.52. The molecule has 0 aliphatic heterocycles. The Bertz CT molecular complexity index is 3330. The molecule has 0 atom stereocenters. The van der Waals surface area contributed by atoms with Gasteiger partial charge in [0, 0.05) is 16.7 Å². The number of benzene rings is 11. The average Bonchev–Trinajstić information content (AvgIpc) is 3.31. The van der Waals surface area contributed by atoms with Crippen LogP contribution in [-0.2, 0) is 0 Å². The molecule has 276 valence electrons. The molecule has 0 aromatic heterocycles. The molecule has 0 spiro atoms. The molecule has 0 N–H and O–H groups in total. The van der Waals surface area contributed by atoms with Gasteiger partial charge in [0.15, 0.2) is 0 Å². The molecule has 0 saturated carbocycles. The van der Waals surface area contributed by atoms with E-state index >= 15 is 0 Å². The first-order valence-electron chi connectivity index (χ1n) is 20.4. The van der Waals surface area contributed by atoms with Crippen LogP contribution in [0.5, 0.6) is 0 Å². The summed E-state index contributed by atoms with van der Waals surface area (Å²) in [6, 6.07) is 86.4. The molecule has 0 heterocycles. The Labute approximate surface area is 344 Å². The second-order valence-electron chi connectivity index (χ2n) is 15.2. The van der Waals surface area contributed by atoms with E-state index < -0.39 is 0 Å². The van der Waals surface area contributed by atoms with Crippen molar-refractivity contribution in [2.75, 3.05) is 4.90 Å². The Morgan fingerprint density at radius 1 is 0.203 bits per heavy atom. The molecule has 59 heavy (non-hydrogen) atoms. The van der Waals surface area contributed by atoms with Crippen molar-refractivity contribution in [2.24, 2.45) is 0 Å². The lowest BCUT2D eigenvalue weighted by molar-refractivity contribution is 1.29. The van der Waals surface area contributed by atoms with Crippen LogP contribution in [0.3, 0.4) is 0 Å². The minimum Gasteiger partial charge on any atom is -0.309 e. The van der Waals surface area contributed by atoms with E-state index in [2.05, 4.69) is 241 Å². The molecule has 0 aliphatic rings. The van der Waals surface area contributed by atoms with E-state index in [1.54, 1.807) is 0 Å². The van der Waals surface area contributed by atoms with Crippen molar-refractivity contribution in [3.63, 3.8) is 0 Å². The highest BCUT2D eigenvalue weighted by Crippen LogP contribution is 2.50. The molecule has 11 aromatic carbocycles. The van der Waals surface area contributed by atoms with Crippen LogP contribution in [0.25, 0.3) is 87.6 Å². The van der Waals surface area contributed by atoms with Crippen LogP contribution in [0.15, 0.2) is 237 Å². The van der Waals surface area contributed by atoms with Crippen molar-refractivity contribution >= 4 is 60.2 Å². The first-order chi connectivity index (χ1) is 29.3. The van der Waals surface area contributed by atoms with Crippen LogP contribution < -0.4 is 4.90 Å². The molecular formula is C58H39N. The molecule has 0 bridgehead atoms. The van der Waals surface area contributed by atoms with Crippen LogP contribution in [0, 0.1) is 0 Å². The molecule has 1 heteroatoms. The van der Waals surface area contributed by atoms with Gasteiger partial charge in [-0.05, 0) is 89.1 Å². The first kappa shape index (κ1) is 34.5. The van der Waals surface area contributed by atoms with Gasteiger partial charge in [0.05, 0.1) is 17.1 Å². The van der Waals surface area contributed by atoms with Crippen molar-refractivity contribution in [3.8, 4) is 44.5 Å². The molecule has 11 aromatic rings. The summed E-state index contributed by atoms with van der Waals surface area (Å²) >= 11 is 0. The Morgan fingerprint density at radius 3 is 1.27 bits per heavy atom. The zero-order valence-corrected chi connectivity index (χ0v) is 32.5. The quantitative estimate of drug-likeness (QED) is 0.147. The number of nitrogens with zero attached hydrogens (tertiary/aromatic N) is 1. The normalized spacial score (nSPS) is 11.4. The van der Waals surface area contributed by atoms with Crippen LogP contribution >= 0.6 is 0 Å². The Kier molecular flexibility index (Phi) is 8.56. The summed E-state index contributed by atoms with van der Waals surface area (Å²) in [4.78, 5) is 2.52. The summed E-state index contributed by atoms with van der Waals surface area (Å²) in [5, 5.41) is 9.90. The Balaban J connectivity index is 1.22. The highest BCUT2D eigenvalue weighted by atomic mass is 15.1. The van der Waals surface area contributed by atoms with Gasteiger partial charge in [-0.25, -0.2) is 0 Å². The van der Waals surface area contributed by atoms with E-state index in [0.29, 0.717) is 0 Å². The topological polar surface area (TPSA) is 3.24 Å². The van der Waals surface area contributed by atoms with Crippen molar-refractivity contribution in [3.05, 3.63) is 237 Å². The van der Waals surface area contributed by atoms with Crippen molar-refractivity contribution in [1.29, 1.82) is 0 Å². The number of fused-ring (bicyclic) bond motifs is 5. The number of anilines is 3. The van der Waals surface area contributed by atoms with Crippen molar-refractivity contribution in [1.82, 2.24) is 0 Å². The van der Waals surface area contributed by atoms with Gasteiger partial charge in [-0.2, -0.15) is 0 Å². The third-order valence-electron chi connectivity index (χ3n) is 11.9. The number of rotatable bonds is 7. The molecule has 0 amide bonds. The maximum absolute atomic E-state index is 2.52. The minimum absolute atomic E-state index is 1.11. The fourth-order valence-electron chi connectivity index (χ4n) is 9.24. The SMILES string of the molecule is c1ccc(-c2cccc3cccc(-c4ccccc4N(c4ccccc4-c4cccc5ccccc45)c4ccccc4-c4cccc5c4ccc4ccccc45)c23)cc1. The predicted octanol–water partition coefficient (Wildman–Crippen LogP) is 16.4. The Hall–Kier alpha value is -7.74. The van der Waals surface area contributed by atoms with E-state index in [4.69, 9.17) is 0 Å². The first-order valence-corrected chi connectivity index (χ1v) is 20.4. The van der Waals surface area contributed by atoms with Gasteiger partial charge >= 0.3 is 0 Å². The van der Waals surface area contributed by atoms with Gasteiger partial charge in [-0.3, -0.25) is 0 Å². The fraction of sp³-hybridized carbons (Fsp3) is 0. The summed E-state index contributed by atoms with van der Waals surface area (Å²) in [7, 11) is 0. The lowest BCUT2D eigenvalue weighted by Gasteiger charge is -2.32. The zero-order valence-electron chi connectivity index (χ0n) is 32.5. The predicted molar refractivity (Wildman–Crippen MR) is 253 cm³/mol. The summed E-state index contributed by atoms with van der Waals surface area (Å²) in [5.41, 5.74) is 12.8. The zero-order chi connectivity index (χ0) is 39.1. The van der Waals surface area contributed by atoms with E-state index in [-0.39, 0.29) is 0 Å². The number of hydrogen-bond donors (Lipinski definition) is 0. The molecule has 1 nitrogen and oxygen atoms in total. The van der Waals surface area contributed by atoms with E-state index in [9.17, 15) is 0 Å². The second kappa shape index (κ2) is 14.6. The lowest BCUT2D eigenvalue weighted by Crippen LogP contribution is -2.13. The maximum Gasteiger partial charge on any atom is 0.0540 e. The monoisotopic (exact) mass is 749 g/mol.